The lowest BCUT2D eigenvalue weighted by molar-refractivity contribution is 0.285. The van der Waals surface area contributed by atoms with Gasteiger partial charge in [-0.05, 0) is 37.8 Å². The average molecular weight is 263 g/mol. The maximum atomic E-state index is 3.74. The van der Waals surface area contributed by atoms with Crippen molar-refractivity contribution in [2.24, 2.45) is 5.92 Å². The molecule has 2 rings (SSSR count). The van der Waals surface area contributed by atoms with Crippen LogP contribution < -0.4 is 5.32 Å². The summed E-state index contributed by atoms with van der Waals surface area (Å²) < 4.78 is 0. The third-order valence-electron chi connectivity index (χ3n) is 3.88. The van der Waals surface area contributed by atoms with Gasteiger partial charge in [-0.2, -0.15) is 0 Å². The van der Waals surface area contributed by atoms with Crippen LogP contribution in [0.25, 0.3) is 0 Å². The van der Waals surface area contributed by atoms with Crippen molar-refractivity contribution in [2.45, 2.75) is 50.5 Å². The van der Waals surface area contributed by atoms with Crippen LogP contribution in [0.3, 0.4) is 0 Å². The molecule has 1 saturated carbocycles. The molecule has 0 saturated heterocycles. The summed E-state index contributed by atoms with van der Waals surface area (Å²) in [5, 5.41) is 3.74. The third-order valence-corrected chi connectivity index (χ3v) is 4.87. The second-order valence-electron chi connectivity index (χ2n) is 5.49. The van der Waals surface area contributed by atoms with Crippen LogP contribution >= 0.6 is 11.8 Å². The van der Waals surface area contributed by atoms with E-state index in [1.807, 2.05) is 11.8 Å². The van der Waals surface area contributed by atoms with Gasteiger partial charge in [-0.3, -0.25) is 0 Å². The van der Waals surface area contributed by atoms with Crippen LogP contribution in [0.4, 0.5) is 0 Å². The Hall–Kier alpha value is -0.470. The highest BCUT2D eigenvalue weighted by Gasteiger charge is 2.19. The van der Waals surface area contributed by atoms with Crippen molar-refractivity contribution in [3.8, 4) is 0 Å². The topological polar surface area (TPSA) is 12.0 Å². The average Bonchev–Trinajstić information content (AvgIpc) is 2.37. The summed E-state index contributed by atoms with van der Waals surface area (Å²) >= 11 is 1.96. The summed E-state index contributed by atoms with van der Waals surface area (Å²) in [5.41, 5.74) is 1.36. The van der Waals surface area contributed by atoms with Gasteiger partial charge in [-0.25, -0.2) is 0 Å². The number of rotatable bonds is 5. The lowest BCUT2D eigenvalue weighted by atomic mass is 9.86. The number of hydrogen-bond acceptors (Lipinski definition) is 2. The smallest absolute Gasteiger partial charge is 0.0106 e. The van der Waals surface area contributed by atoms with Gasteiger partial charge in [0.2, 0.25) is 0 Å². The molecular formula is C16H25NS. The van der Waals surface area contributed by atoms with Crippen LogP contribution in [-0.4, -0.2) is 18.3 Å². The van der Waals surface area contributed by atoms with Crippen molar-refractivity contribution in [1.29, 1.82) is 0 Å². The van der Waals surface area contributed by atoms with Gasteiger partial charge in [0.05, 0.1) is 0 Å². The van der Waals surface area contributed by atoms with Gasteiger partial charge < -0.3 is 5.32 Å². The minimum Gasteiger partial charge on any atom is -0.313 e. The Bertz CT molecular complexity index is 364. The summed E-state index contributed by atoms with van der Waals surface area (Å²) in [7, 11) is 0. The first-order chi connectivity index (χ1) is 8.75. The van der Waals surface area contributed by atoms with E-state index in [2.05, 4.69) is 43.4 Å². The molecule has 1 aromatic carbocycles. The zero-order chi connectivity index (χ0) is 12.8. The molecule has 0 heterocycles. The largest absolute Gasteiger partial charge is 0.313 e. The van der Waals surface area contributed by atoms with Crippen molar-refractivity contribution in [3.05, 3.63) is 29.8 Å². The van der Waals surface area contributed by atoms with Crippen molar-refractivity contribution in [2.75, 3.05) is 12.3 Å². The Morgan fingerprint density at radius 1 is 1.28 bits per heavy atom. The number of aryl methyl sites for hydroxylation is 1. The maximum Gasteiger partial charge on any atom is 0.0106 e. The summed E-state index contributed by atoms with van der Waals surface area (Å²) in [5.74, 6) is 2.04. The first-order valence-electron chi connectivity index (χ1n) is 7.18. The van der Waals surface area contributed by atoms with Crippen LogP contribution in [0.5, 0.6) is 0 Å². The Labute approximate surface area is 116 Å². The molecule has 100 valence electrons. The summed E-state index contributed by atoms with van der Waals surface area (Å²) in [6.45, 7) is 5.68. The van der Waals surface area contributed by atoms with E-state index in [0.717, 1.165) is 18.5 Å². The molecule has 1 nitrogen and oxygen atoms in total. The van der Waals surface area contributed by atoms with Gasteiger partial charge in [-0.1, -0.05) is 37.5 Å². The minimum atomic E-state index is 0.761. The highest BCUT2D eigenvalue weighted by atomic mass is 32.2. The number of thioether (sulfide) groups is 1. The molecule has 2 heteroatoms. The monoisotopic (exact) mass is 263 g/mol. The van der Waals surface area contributed by atoms with E-state index in [9.17, 15) is 0 Å². The normalized spacial score (nSPS) is 24.1. The van der Waals surface area contributed by atoms with E-state index >= 15 is 0 Å². The Balaban J connectivity index is 1.66. The number of benzene rings is 1. The van der Waals surface area contributed by atoms with Gasteiger partial charge in [0, 0.05) is 23.2 Å². The molecule has 1 N–H and O–H groups in total. The Kier molecular flexibility index (Phi) is 5.58. The molecule has 2 atom stereocenters. The first-order valence-corrected chi connectivity index (χ1v) is 8.17. The fourth-order valence-electron chi connectivity index (χ4n) is 2.74. The molecule has 1 aliphatic rings. The molecule has 0 aliphatic heterocycles. The van der Waals surface area contributed by atoms with E-state index in [1.165, 1.54) is 41.9 Å². The lowest BCUT2D eigenvalue weighted by Gasteiger charge is -2.29. The zero-order valence-electron chi connectivity index (χ0n) is 11.6. The van der Waals surface area contributed by atoms with Crippen molar-refractivity contribution >= 4 is 11.8 Å². The SMILES string of the molecule is Cc1cccc(SCCNC2CCCCC2C)c1. The van der Waals surface area contributed by atoms with Crippen molar-refractivity contribution in [3.63, 3.8) is 0 Å². The Morgan fingerprint density at radius 3 is 2.89 bits per heavy atom. The van der Waals surface area contributed by atoms with Crippen LogP contribution in [0, 0.1) is 12.8 Å². The van der Waals surface area contributed by atoms with E-state index in [-0.39, 0.29) is 0 Å². The van der Waals surface area contributed by atoms with Crippen molar-refractivity contribution < 1.29 is 0 Å². The fourth-order valence-corrected chi connectivity index (χ4v) is 3.64. The number of nitrogens with one attached hydrogen (secondary N) is 1. The van der Waals surface area contributed by atoms with Gasteiger partial charge in [0.1, 0.15) is 0 Å². The van der Waals surface area contributed by atoms with Crippen LogP contribution in [0.15, 0.2) is 29.2 Å². The quantitative estimate of drug-likeness (QED) is 0.629. The second-order valence-corrected chi connectivity index (χ2v) is 6.66. The minimum absolute atomic E-state index is 0.761. The highest BCUT2D eigenvalue weighted by Crippen LogP contribution is 2.24. The van der Waals surface area contributed by atoms with Crippen LogP contribution in [0.1, 0.15) is 38.2 Å². The Morgan fingerprint density at radius 2 is 2.11 bits per heavy atom. The standard InChI is InChI=1S/C16H25NS/c1-13-6-5-8-15(12-13)18-11-10-17-16-9-4-3-7-14(16)2/h5-6,8,12,14,16-17H,3-4,7,9-11H2,1-2H3. The molecule has 1 aliphatic carbocycles. The molecule has 0 bridgehead atoms. The summed E-state index contributed by atoms with van der Waals surface area (Å²) in [6, 6.07) is 9.55. The molecule has 1 aromatic rings. The van der Waals surface area contributed by atoms with Gasteiger partial charge in [0.25, 0.3) is 0 Å². The van der Waals surface area contributed by atoms with Crippen LogP contribution in [0.2, 0.25) is 0 Å². The van der Waals surface area contributed by atoms with E-state index in [0.29, 0.717) is 0 Å². The van der Waals surface area contributed by atoms with Crippen LogP contribution in [-0.2, 0) is 0 Å². The third kappa shape index (κ3) is 4.33. The first kappa shape index (κ1) is 14.0. The molecule has 0 spiro atoms. The molecule has 0 amide bonds. The zero-order valence-corrected chi connectivity index (χ0v) is 12.4. The van der Waals surface area contributed by atoms with E-state index in [4.69, 9.17) is 0 Å². The second kappa shape index (κ2) is 7.20. The van der Waals surface area contributed by atoms with Gasteiger partial charge in [0.15, 0.2) is 0 Å². The molecular weight excluding hydrogens is 238 g/mol. The predicted octanol–water partition coefficient (Wildman–Crippen LogP) is 4.26. The van der Waals surface area contributed by atoms with Crippen molar-refractivity contribution in [1.82, 2.24) is 5.32 Å². The van der Waals surface area contributed by atoms with Gasteiger partial charge in [-0.15, -0.1) is 11.8 Å². The van der Waals surface area contributed by atoms with E-state index < -0.39 is 0 Å². The molecule has 1 fully saturated rings. The highest BCUT2D eigenvalue weighted by molar-refractivity contribution is 7.99. The predicted molar refractivity (Wildman–Crippen MR) is 81.3 cm³/mol. The van der Waals surface area contributed by atoms with Gasteiger partial charge >= 0.3 is 0 Å². The molecule has 18 heavy (non-hydrogen) atoms. The fraction of sp³-hybridized carbons (Fsp3) is 0.625. The summed E-state index contributed by atoms with van der Waals surface area (Å²) in [4.78, 5) is 1.40. The molecule has 0 aromatic heterocycles. The van der Waals surface area contributed by atoms with E-state index in [1.54, 1.807) is 0 Å². The lowest BCUT2D eigenvalue weighted by Crippen LogP contribution is -2.38. The number of hydrogen-bond donors (Lipinski definition) is 1. The maximum absolute atomic E-state index is 3.74. The molecule has 0 radical (unpaired) electrons. The summed E-state index contributed by atoms with van der Waals surface area (Å²) in [6.07, 6.45) is 5.61. The molecule has 2 unspecified atom stereocenters.